The Morgan fingerprint density at radius 3 is 2.77 bits per heavy atom. The predicted molar refractivity (Wildman–Crippen MR) is 96.9 cm³/mol. The number of amides is 2. The topological polar surface area (TPSA) is 62.6 Å². The summed E-state index contributed by atoms with van der Waals surface area (Å²) >= 11 is 0. The Morgan fingerprint density at radius 2 is 2.04 bits per heavy atom. The molecule has 132 valence electrons. The SMILES string of the molecule is Cc1c(C(=O)Nc2cccc(N3CCCC3=O)c2)oc2c(F)cccc12. The first-order chi connectivity index (χ1) is 12.5. The maximum absolute atomic E-state index is 13.9. The molecule has 2 aromatic carbocycles. The van der Waals surface area contributed by atoms with Crippen molar-refractivity contribution in [3.05, 3.63) is 59.6 Å². The lowest BCUT2D eigenvalue weighted by atomic mass is 10.1. The zero-order valence-corrected chi connectivity index (χ0v) is 14.2. The van der Waals surface area contributed by atoms with Crippen LogP contribution in [0, 0.1) is 12.7 Å². The summed E-state index contributed by atoms with van der Waals surface area (Å²) in [6.45, 7) is 2.40. The van der Waals surface area contributed by atoms with Crippen LogP contribution in [0.15, 0.2) is 46.9 Å². The fraction of sp³-hybridized carbons (Fsp3) is 0.200. The molecule has 5 nitrogen and oxygen atoms in total. The molecule has 0 radical (unpaired) electrons. The van der Waals surface area contributed by atoms with E-state index in [0.29, 0.717) is 29.6 Å². The standard InChI is InChI=1S/C20H17FN2O3/c1-12-15-7-3-8-16(21)19(15)26-18(12)20(25)22-13-5-2-6-14(11-13)23-10-4-9-17(23)24/h2-3,5-8,11H,4,9-10H2,1H3,(H,22,25). The number of furan rings is 1. The van der Waals surface area contributed by atoms with Crippen LogP contribution in [0.1, 0.15) is 29.0 Å². The van der Waals surface area contributed by atoms with Gasteiger partial charge in [0.1, 0.15) is 0 Å². The van der Waals surface area contributed by atoms with E-state index in [1.54, 1.807) is 42.2 Å². The highest BCUT2D eigenvalue weighted by atomic mass is 19.1. The molecule has 0 atom stereocenters. The molecule has 6 heteroatoms. The molecule has 0 aliphatic carbocycles. The van der Waals surface area contributed by atoms with Gasteiger partial charge in [0.25, 0.3) is 5.91 Å². The first-order valence-electron chi connectivity index (χ1n) is 8.44. The summed E-state index contributed by atoms with van der Waals surface area (Å²) < 4.78 is 19.3. The number of benzene rings is 2. The van der Waals surface area contributed by atoms with Crippen molar-refractivity contribution in [2.24, 2.45) is 0 Å². The van der Waals surface area contributed by atoms with Crippen LogP contribution in [-0.4, -0.2) is 18.4 Å². The minimum Gasteiger partial charge on any atom is -0.448 e. The molecule has 1 fully saturated rings. The number of anilines is 2. The summed E-state index contributed by atoms with van der Waals surface area (Å²) in [5, 5.41) is 3.34. The van der Waals surface area contributed by atoms with Crippen LogP contribution in [0.25, 0.3) is 11.0 Å². The normalized spacial score (nSPS) is 14.2. The van der Waals surface area contributed by atoms with Gasteiger partial charge in [0.15, 0.2) is 17.2 Å². The van der Waals surface area contributed by atoms with Gasteiger partial charge in [0.05, 0.1) is 0 Å². The van der Waals surface area contributed by atoms with Crippen molar-refractivity contribution in [2.45, 2.75) is 19.8 Å². The minimum absolute atomic E-state index is 0.0755. The molecule has 1 N–H and O–H groups in total. The van der Waals surface area contributed by atoms with Gasteiger partial charge in [-0.2, -0.15) is 0 Å². The minimum atomic E-state index is -0.501. The van der Waals surface area contributed by atoms with Gasteiger partial charge in [-0.15, -0.1) is 0 Å². The fourth-order valence-corrected chi connectivity index (χ4v) is 3.29. The number of rotatable bonds is 3. The van der Waals surface area contributed by atoms with E-state index in [2.05, 4.69) is 5.32 Å². The Bertz CT molecular complexity index is 1030. The van der Waals surface area contributed by atoms with Crippen molar-refractivity contribution in [2.75, 3.05) is 16.8 Å². The second-order valence-electron chi connectivity index (χ2n) is 6.33. The molecular weight excluding hydrogens is 335 g/mol. The molecule has 1 aliphatic rings. The van der Waals surface area contributed by atoms with Crippen LogP contribution in [0.5, 0.6) is 0 Å². The van der Waals surface area contributed by atoms with Gasteiger partial charge in [-0.25, -0.2) is 4.39 Å². The Labute approximate surface area is 149 Å². The van der Waals surface area contributed by atoms with Crippen LogP contribution in [0.2, 0.25) is 0 Å². The monoisotopic (exact) mass is 352 g/mol. The van der Waals surface area contributed by atoms with Gasteiger partial charge in [0, 0.05) is 35.3 Å². The number of carbonyl (C=O) groups excluding carboxylic acids is 2. The van der Waals surface area contributed by atoms with Gasteiger partial charge in [-0.3, -0.25) is 9.59 Å². The lowest BCUT2D eigenvalue weighted by Crippen LogP contribution is -2.23. The Balaban J connectivity index is 1.62. The maximum atomic E-state index is 13.9. The molecule has 26 heavy (non-hydrogen) atoms. The van der Waals surface area contributed by atoms with Crippen LogP contribution < -0.4 is 10.2 Å². The summed E-state index contributed by atoms with van der Waals surface area (Å²) in [6, 6.07) is 11.7. The smallest absolute Gasteiger partial charge is 0.291 e. The highest BCUT2D eigenvalue weighted by molar-refractivity contribution is 6.07. The van der Waals surface area contributed by atoms with Crippen molar-refractivity contribution in [3.8, 4) is 0 Å². The zero-order chi connectivity index (χ0) is 18.3. The van der Waals surface area contributed by atoms with E-state index in [1.807, 2.05) is 6.07 Å². The van der Waals surface area contributed by atoms with Crippen LogP contribution >= 0.6 is 0 Å². The molecule has 0 unspecified atom stereocenters. The van der Waals surface area contributed by atoms with Gasteiger partial charge in [0.2, 0.25) is 5.91 Å². The Morgan fingerprint density at radius 1 is 1.23 bits per heavy atom. The van der Waals surface area contributed by atoms with E-state index in [1.165, 1.54) is 6.07 Å². The van der Waals surface area contributed by atoms with Crippen LogP contribution in [-0.2, 0) is 4.79 Å². The van der Waals surface area contributed by atoms with Crippen molar-refractivity contribution >= 4 is 34.2 Å². The number of aryl methyl sites for hydroxylation is 1. The highest BCUT2D eigenvalue weighted by Crippen LogP contribution is 2.29. The number of halogens is 1. The number of nitrogens with zero attached hydrogens (tertiary/aromatic N) is 1. The van der Waals surface area contributed by atoms with Gasteiger partial charge >= 0.3 is 0 Å². The van der Waals surface area contributed by atoms with Crippen molar-refractivity contribution in [1.29, 1.82) is 0 Å². The quantitative estimate of drug-likeness (QED) is 0.766. The van der Waals surface area contributed by atoms with E-state index in [4.69, 9.17) is 4.42 Å². The summed E-state index contributed by atoms with van der Waals surface area (Å²) in [4.78, 5) is 26.2. The third-order valence-electron chi connectivity index (χ3n) is 4.61. The summed E-state index contributed by atoms with van der Waals surface area (Å²) in [7, 11) is 0. The molecule has 1 aliphatic heterocycles. The lowest BCUT2D eigenvalue weighted by molar-refractivity contribution is -0.117. The molecule has 1 aromatic heterocycles. The Hall–Kier alpha value is -3.15. The van der Waals surface area contributed by atoms with E-state index < -0.39 is 11.7 Å². The third-order valence-corrected chi connectivity index (χ3v) is 4.61. The fourth-order valence-electron chi connectivity index (χ4n) is 3.29. The number of hydrogen-bond acceptors (Lipinski definition) is 3. The molecule has 2 amide bonds. The number of carbonyl (C=O) groups is 2. The van der Waals surface area contributed by atoms with Crippen LogP contribution in [0.3, 0.4) is 0 Å². The van der Waals surface area contributed by atoms with E-state index >= 15 is 0 Å². The van der Waals surface area contributed by atoms with Gasteiger partial charge in [-0.05, 0) is 37.6 Å². The largest absolute Gasteiger partial charge is 0.448 e. The van der Waals surface area contributed by atoms with E-state index in [0.717, 1.165) is 12.1 Å². The predicted octanol–water partition coefficient (Wildman–Crippen LogP) is 4.26. The lowest BCUT2D eigenvalue weighted by Gasteiger charge is -2.16. The highest BCUT2D eigenvalue weighted by Gasteiger charge is 2.23. The van der Waals surface area contributed by atoms with E-state index in [-0.39, 0.29) is 17.3 Å². The van der Waals surface area contributed by atoms with Crippen molar-refractivity contribution < 1.29 is 18.4 Å². The summed E-state index contributed by atoms with van der Waals surface area (Å²) in [5.41, 5.74) is 1.96. The molecule has 2 heterocycles. The third kappa shape index (κ3) is 2.73. The molecule has 4 rings (SSSR count). The van der Waals surface area contributed by atoms with Crippen molar-refractivity contribution in [3.63, 3.8) is 0 Å². The Kier molecular flexibility index (Phi) is 3.95. The van der Waals surface area contributed by atoms with E-state index in [9.17, 15) is 14.0 Å². The molecule has 0 spiro atoms. The second-order valence-corrected chi connectivity index (χ2v) is 6.33. The zero-order valence-electron chi connectivity index (χ0n) is 14.2. The molecule has 0 saturated carbocycles. The number of nitrogens with one attached hydrogen (secondary N) is 1. The molecule has 3 aromatic rings. The molecule has 0 bridgehead atoms. The average Bonchev–Trinajstić information content (AvgIpc) is 3.20. The summed E-state index contributed by atoms with van der Waals surface area (Å²) in [5.74, 6) is -0.799. The maximum Gasteiger partial charge on any atom is 0.291 e. The van der Waals surface area contributed by atoms with Crippen LogP contribution in [0.4, 0.5) is 15.8 Å². The average molecular weight is 352 g/mol. The van der Waals surface area contributed by atoms with Gasteiger partial charge in [-0.1, -0.05) is 18.2 Å². The number of hydrogen-bond donors (Lipinski definition) is 1. The number of para-hydroxylation sites is 1. The first kappa shape index (κ1) is 16.3. The second kappa shape index (κ2) is 6.29. The molecule has 1 saturated heterocycles. The number of fused-ring (bicyclic) bond motifs is 1. The molecular formula is C20H17FN2O3. The van der Waals surface area contributed by atoms with Gasteiger partial charge < -0.3 is 14.6 Å². The summed E-state index contributed by atoms with van der Waals surface area (Å²) in [6.07, 6.45) is 1.37. The first-order valence-corrected chi connectivity index (χ1v) is 8.44. The van der Waals surface area contributed by atoms with Crippen molar-refractivity contribution in [1.82, 2.24) is 0 Å².